The van der Waals surface area contributed by atoms with E-state index in [4.69, 9.17) is 4.74 Å². The lowest BCUT2D eigenvalue weighted by atomic mass is 10.0. The molecule has 0 spiro atoms. The number of hydrogen-bond acceptors (Lipinski definition) is 3. The lowest BCUT2D eigenvalue weighted by molar-refractivity contribution is -0.118. The maximum Gasteiger partial charge on any atom is 0.262 e. The Kier molecular flexibility index (Phi) is 5.29. The van der Waals surface area contributed by atoms with E-state index in [1.54, 1.807) is 0 Å². The van der Waals surface area contributed by atoms with Crippen molar-refractivity contribution >= 4 is 17.2 Å². The highest BCUT2D eigenvalue weighted by Gasteiger charge is 2.12. The standard InChI is InChI=1S/C24H23N3O2/c1-17(2)18-10-12-19(13-11-18)29-16-24(28)26-21-8-4-3-7-20(21)22-15-27-14-6-5-9-23(27)25-22/h3-15,17H,16H2,1-2H3,(H,26,28). The minimum absolute atomic E-state index is 0.0550. The maximum absolute atomic E-state index is 12.5. The van der Waals surface area contributed by atoms with Gasteiger partial charge in [0.15, 0.2) is 6.61 Å². The van der Waals surface area contributed by atoms with Gasteiger partial charge in [-0.05, 0) is 41.8 Å². The van der Waals surface area contributed by atoms with Crippen molar-refractivity contribution in [2.45, 2.75) is 19.8 Å². The van der Waals surface area contributed by atoms with E-state index < -0.39 is 0 Å². The average molecular weight is 385 g/mol. The number of para-hydroxylation sites is 1. The first kappa shape index (κ1) is 18.7. The van der Waals surface area contributed by atoms with Gasteiger partial charge >= 0.3 is 0 Å². The second-order valence-corrected chi connectivity index (χ2v) is 7.20. The van der Waals surface area contributed by atoms with Crippen LogP contribution in [0.5, 0.6) is 5.75 Å². The molecule has 4 aromatic rings. The molecule has 4 rings (SSSR count). The fraction of sp³-hybridized carbons (Fsp3) is 0.167. The van der Waals surface area contributed by atoms with Gasteiger partial charge < -0.3 is 14.5 Å². The van der Waals surface area contributed by atoms with Gasteiger partial charge in [-0.2, -0.15) is 0 Å². The minimum Gasteiger partial charge on any atom is -0.484 e. The van der Waals surface area contributed by atoms with E-state index >= 15 is 0 Å². The molecule has 0 unspecified atom stereocenters. The van der Waals surface area contributed by atoms with E-state index in [1.165, 1.54) is 5.56 Å². The third-order valence-corrected chi connectivity index (χ3v) is 4.76. The lowest BCUT2D eigenvalue weighted by Crippen LogP contribution is -2.20. The molecule has 1 amide bonds. The molecule has 2 heterocycles. The van der Waals surface area contributed by atoms with Crippen molar-refractivity contribution in [3.05, 3.63) is 84.7 Å². The average Bonchev–Trinajstić information content (AvgIpc) is 3.17. The van der Waals surface area contributed by atoms with Crippen LogP contribution in [0.15, 0.2) is 79.1 Å². The first-order chi connectivity index (χ1) is 14.1. The predicted molar refractivity (Wildman–Crippen MR) is 115 cm³/mol. The molecule has 29 heavy (non-hydrogen) atoms. The quantitative estimate of drug-likeness (QED) is 0.500. The van der Waals surface area contributed by atoms with E-state index in [0.717, 1.165) is 16.9 Å². The highest BCUT2D eigenvalue weighted by molar-refractivity contribution is 5.96. The van der Waals surface area contributed by atoms with Gasteiger partial charge in [-0.1, -0.05) is 50.2 Å². The Morgan fingerprint density at radius 3 is 2.55 bits per heavy atom. The number of aromatic nitrogens is 2. The van der Waals surface area contributed by atoms with Crippen LogP contribution in [0.25, 0.3) is 16.9 Å². The van der Waals surface area contributed by atoms with Crippen LogP contribution in [0, 0.1) is 0 Å². The number of pyridine rings is 1. The first-order valence-corrected chi connectivity index (χ1v) is 9.66. The van der Waals surface area contributed by atoms with Crippen molar-refractivity contribution in [3.63, 3.8) is 0 Å². The smallest absolute Gasteiger partial charge is 0.262 e. The predicted octanol–water partition coefficient (Wildman–Crippen LogP) is 5.14. The van der Waals surface area contributed by atoms with Crippen LogP contribution in [-0.2, 0) is 4.79 Å². The third kappa shape index (κ3) is 4.29. The Bertz CT molecular complexity index is 1100. The summed E-state index contributed by atoms with van der Waals surface area (Å²) >= 11 is 0. The SMILES string of the molecule is CC(C)c1ccc(OCC(=O)Nc2ccccc2-c2cn3ccccc3n2)cc1. The maximum atomic E-state index is 12.5. The van der Waals surface area contributed by atoms with Gasteiger partial charge in [0.2, 0.25) is 0 Å². The van der Waals surface area contributed by atoms with E-state index in [1.807, 2.05) is 83.5 Å². The lowest BCUT2D eigenvalue weighted by Gasteiger charge is -2.11. The number of anilines is 1. The summed E-state index contributed by atoms with van der Waals surface area (Å²) in [5.74, 6) is 0.927. The first-order valence-electron chi connectivity index (χ1n) is 9.66. The van der Waals surface area contributed by atoms with E-state index in [2.05, 4.69) is 24.1 Å². The van der Waals surface area contributed by atoms with Crippen molar-refractivity contribution in [2.24, 2.45) is 0 Å². The highest BCUT2D eigenvalue weighted by Crippen LogP contribution is 2.27. The molecule has 146 valence electrons. The number of carbonyl (C=O) groups excluding carboxylic acids is 1. The Morgan fingerprint density at radius 1 is 1.03 bits per heavy atom. The summed E-state index contributed by atoms with van der Waals surface area (Å²) < 4.78 is 7.59. The largest absolute Gasteiger partial charge is 0.484 e. The molecule has 0 saturated carbocycles. The number of nitrogens with zero attached hydrogens (tertiary/aromatic N) is 2. The molecular formula is C24H23N3O2. The number of ether oxygens (including phenoxy) is 1. The van der Waals surface area contributed by atoms with E-state index in [-0.39, 0.29) is 12.5 Å². The fourth-order valence-corrected chi connectivity index (χ4v) is 3.16. The van der Waals surface area contributed by atoms with Crippen molar-refractivity contribution in [3.8, 4) is 17.0 Å². The van der Waals surface area contributed by atoms with Crippen molar-refractivity contribution in [1.29, 1.82) is 0 Å². The highest BCUT2D eigenvalue weighted by atomic mass is 16.5. The zero-order valence-electron chi connectivity index (χ0n) is 16.5. The molecule has 2 aromatic heterocycles. The summed E-state index contributed by atoms with van der Waals surface area (Å²) in [4.78, 5) is 17.1. The molecule has 0 bridgehead atoms. The number of fused-ring (bicyclic) bond motifs is 1. The van der Waals surface area contributed by atoms with Crippen molar-refractivity contribution < 1.29 is 9.53 Å². The van der Waals surface area contributed by atoms with Crippen LogP contribution in [0.3, 0.4) is 0 Å². The van der Waals surface area contributed by atoms with Gasteiger partial charge in [0, 0.05) is 18.0 Å². The monoisotopic (exact) mass is 385 g/mol. The fourth-order valence-electron chi connectivity index (χ4n) is 3.16. The molecule has 5 nitrogen and oxygen atoms in total. The van der Waals surface area contributed by atoms with Gasteiger partial charge in [-0.15, -0.1) is 0 Å². The van der Waals surface area contributed by atoms with Crippen LogP contribution in [0.2, 0.25) is 0 Å². The molecule has 0 fully saturated rings. The van der Waals surface area contributed by atoms with Gasteiger partial charge in [-0.25, -0.2) is 4.98 Å². The van der Waals surface area contributed by atoms with E-state index in [0.29, 0.717) is 17.4 Å². The Hall–Kier alpha value is -3.60. The zero-order valence-corrected chi connectivity index (χ0v) is 16.5. The van der Waals surface area contributed by atoms with E-state index in [9.17, 15) is 4.79 Å². The molecule has 5 heteroatoms. The molecule has 0 radical (unpaired) electrons. The zero-order chi connectivity index (χ0) is 20.2. The minimum atomic E-state index is -0.214. The van der Waals surface area contributed by atoms with Crippen LogP contribution < -0.4 is 10.1 Å². The van der Waals surface area contributed by atoms with Crippen molar-refractivity contribution in [1.82, 2.24) is 9.38 Å². The topological polar surface area (TPSA) is 55.6 Å². The number of rotatable bonds is 6. The number of benzene rings is 2. The normalized spacial score (nSPS) is 11.0. The number of imidazole rings is 1. The van der Waals surface area contributed by atoms with Gasteiger partial charge in [0.1, 0.15) is 11.4 Å². The van der Waals surface area contributed by atoms with Gasteiger partial charge in [0.05, 0.1) is 11.4 Å². The molecule has 0 aliphatic rings. The van der Waals surface area contributed by atoms with Gasteiger partial charge in [-0.3, -0.25) is 4.79 Å². The number of hydrogen-bond donors (Lipinski definition) is 1. The Labute approximate surface area is 170 Å². The van der Waals surface area contributed by atoms with Gasteiger partial charge in [0.25, 0.3) is 5.91 Å². The summed E-state index contributed by atoms with van der Waals surface area (Å²) in [7, 11) is 0. The molecule has 0 saturated heterocycles. The summed E-state index contributed by atoms with van der Waals surface area (Å²) in [5.41, 5.74) is 4.47. The third-order valence-electron chi connectivity index (χ3n) is 4.76. The molecule has 0 aliphatic carbocycles. The number of nitrogens with one attached hydrogen (secondary N) is 1. The van der Waals surface area contributed by atoms with Crippen molar-refractivity contribution in [2.75, 3.05) is 11.9 Å². The van der Waals surface area contributed by atoms with Crippen LogP contribution in [-0.4, -0.2) is 21.9 Å². The second-order valence-electron chi connectivity index (χ2n) is 7.20. The Balaban J connectivity index is 1.46. The molecule has 0 aliphatic heterocycles. The molecule has 1 N–H and O–H groups in total. The summed E-state index contributed by atoms with van der Waals surface area (Å²) in [6, 6.07) is 21.3. The Morgan fingerprint density at radius 2 is 1.79 bits per heavy atom. The second kappa shape index (κ2) is 8.19. The van der Waals surface area contributed by atoms with Crippen LogP contribution in [0.1, 0.15) is 25.3 Å². The van der Waals surface area contributed by atoms with Crippen LogP contribution >= 0.6 is 0 Å². The molecular weight excluding hydrogens is 362 g/mol. The summed E-state index contributed by atoms with van der Waals surface area (Å²) in [6.45, 7) is 4.23. The molecule has 0 atom stereocenters. The number of amides is 1. The summed E-state index contributed by atoms with van der Waals surface area (Å²) in [5, 5.41) is 2.94. The summed E-state index contributed by atoms with van der Waals surface area (Å²) in [6.07, 6.45) is 3.90. The number of carbonyl (C=O) groups is 1. The molecule has 2 aromatic carbocycles. The van der Waals surface area contributed by atoms with Crippen LogP contribution in [0.4, 0.5) is 5.69 Å².